The lowest BCUT2D eigenvalue weighted by molar-refractivity contribution is 0.374. The molecule has 0 aliphatic heterocycles. The molecule has 0 atom stereocenters. The van der Waals surface area contributed by atoms with Gasteiger partial charge in [-0.15, -0.1) is 0 Å². The van der Waals surface area contributed by atoms with Crippen LogP contribution >= 0.6 is 0 Å². The summed E-state index contributed by atoms with van der Waals surface area (Å²) in [4.78, 5) is 4.34. The van der Waals surface area contributed by atoms with Gasteiger partial charge in [-0.1, -0.05) is 6.92 Å². The molecule has 0 amide bonds. The Balaban J connectivity index is 1.46. The number of rotatable bonds is 8. The van der Waals surface area contributed by atoms with Crippen LogP contribution in [-0.4, -0.2) is 21.3 Å². The molecular weight excluding hydrogens is 224 g/mol. The first-order valence-corrected chi connectivity index (χ1v) is 7.46. The minimum atomic E-state index is 0.871. The van der Waals surface area contributed by atoms with Crippen molar-refractivity contribution in [3.8, 4) is 0 Å². The summed E-state index contributed by atoms with van der Waals surface area (Å²) >= 11 is 0. The van der Waals surface area contributed by atoms with Gasteiger partial charge in [-0.05, 0) is 56.4 Å². The maximum atomic E-state index is 4.34. The molecule has 1 N–H and O–H groups in total. The van der Waals surface area contributed by atoms with E-state index in [1.54, 1.807) is 6.33 Å². The van der Waals surface area contributed by atoms with Gasteiger partial charge >= 0.3 is 0 Å². The van der Waals surface area contributed by atoms with E-state index >= 15 is 0 Å². The zero-order valence-corrected chi connectivity index (χ0v) is 11.3. The second kappa shape index (κ2) is 5.39. The summed E-state index contributed by atoms with van der Waals surface area (Å²) in [7, 11) is 0. The number of hydrogen-bond acceptors (Lipinski definition) is 3. The Morgan fingerprint density at radius 1 is 1.33 bits per heavy atom. The van der Waals surface area contributed by atoms with Crippen molar-refractivity contribution in [3.63, 3.8) is 0 Å². The Morgan fingerprint density at radius 2 is 2.06 bits per heavy atom. The van der Waals surface area contributed by atoms with Gasteiger partial charge in [0, 0.05) is 6.54 Å². The van der Waals surface area contributed by atoms with Crippen molar-refractivity contribution in [2.45, 2.75) is 52.1 Å². The van der Waals surface area contributed by atoms with Gasteiger partial charge in [0.05, 0.1) is 6.54 Å². The predicted octanol–water partition coefficient (Wildman–Crippen LogP) is 2.21. The Labute approximate surface area is 109 Å². The minimum absolute atomic E-state index is 0.871. The van der Waals surface area contributed by atoms with Gasteiger partial charge < -0.3 is 5.32 Å². The highest BCUT2D eigenvalue weighted by molar-refractivity contribution is 4.93. The van der Waals surface area contributed by atoms with Gasteiger partial charge in [0.1, 0.15) is 12.2 Å². The molecule has 2 fully saturated rings. The molecule has 1 aromatic heterocycles. The van der Waals surface area contributed by atoms with Crippen molar-refractivity contribution in [1.29, 1.82) is 0 Å². The summed E-state index contributed by atoms with van der Waals surface area (Å²) < 4.78 is 2.02. The van der Waals surface area contributed by atoms with E-state index in [4.69, 9.17) is 0 Å². The van der Waals surface area contributed by atoms with E-state index in [9.17, 15) is 0 Å². The van der Waals surface area contributed by atoms with Crippen LogP contribution in [-0.2, 0) is 13.1 Å². The van der Waals surface area contributed by atoms with Crippen LogP contribution in [0, 0.1) is 17.8 Å². The Kier molecular flexibility index (Phi) is 3.64. The largest absolute Gasteiger partial charge is 0.310 e. The molecule has 2 aliphatic carbocycles. The summed E-state index contributed by atoms with van der Waals surface area (Å²) in [6, 6.07) is 0. The van der Waals surface area contributed by atoms with Gasteiger partial charge in [0.25, 0.3) is 0 Å². The normalized spacial score (nSPS) is 19.7. The van der Waals surface area contributed by atoms with Gasteiger partial charge in [0.15, 0.2) is 0 Å². The van der Waals surface area contributed by atoms with Gasteiger partial charge in [-0.2, -0.15) is 5.10 Å². The zero-order chi connectivity index (χ0) is 12.4. The van der Waals surface area contributed by atoms with E-state index in [1.807, 2.05) is 4.68 Å². The SMILES string of the molecule is CCCn1ncnc1CNCC(C1CC1)C1CC1. The van der Waals surface area contributed by atoms with E-state index in [2.05, 4.69) is 22.3 Å². The molecule has 0 aromatic carbocycles. The van der Waals surface area contributed by atoms with Gasteiger partial charge in [-0.25, -0.2) is 9.67 Å². The van der Waals surface area contributed by atoms with Crippen LogP contribution in [0.2, 0.25) is 0 Å². The fourth-order valence-electron chi connectivity index (χ4n) is 2.94. The molecule has 1 heterocycles. The first-order chi connectivity index (χ1) is 8.88. The van der Waals surface area contributed by atoms with E-state index in [0.29, 0.717) is 0 Å². The number of nitrogens with zero attached hydrogens (tertiary/aromatic N) is 3. The summed E-state index contributed by atoms with van der Waals surface area (Å²) in [6.07, 6.45) is 8.66. The highest BCUT2D eigenvalue weighted by atomic mass is 15.3. The number of hydrogen-bond donors (Lipinski definition) is 1. The quantitative estimate of drug-likeness (QED) is 0.767. The molecule has 18 heavy (non-hydrogen) atoms. The lowest BCUT2D eigenvalue weighted by atomic mass is 9.98. The summed E-state index contributed by atoms with van der Waals surface area (Å²) in [5.74, 6) is 4.08. The third-order valence-corrected chi connectivity index (χ3v) is 4.25. The van der Waals surface area contributed by atoms with Crippen LogP contribution in [0.15, 0.2) is 6.33 Å². The summed E-state index contributed by atoms with van der Waals surface area (Å²) in [5, 5.41) is 7.87. The molecule has 100 valence electrons. The monoisotopic (exact) mass is 248 g/mol. The van der Waals surface area contributed by atoms with E-state index in [1.165, 1.54) is 32.2 Å². The standard InChI is InChI=1S/C14H24N4/c1-2-7-18-14(16-10-17-18)9-15-8-13(11-3-4-11)12-5-6-12/h10-13,15H,2-9H2,1H3. The smallest absolute Gasteiger partial charge is 0.140 e. The number of aromatic nitrogens is 3. The van der Waals surface area contributed by atoms with Crippen LogP contribution in [0.1, 0.15) is 44.9 Å². The second-order valence-electron chi connectivity index (χ2n) is 5.87. The molecule has 0 spiro atoms. The van der Waals surface area contributed by atoms with Crippen LogP contribution in [0.5, 0.6) is 0 Å². The van der Waals surface area contributed by atoms with E-state index < -0.39 is 0 Å². The molecule has 0 bridgehead atoms. The number of aryl methyl sites for hydroxylation is 1. The molecular formula is C14H24N4. The molecule has 2 saturated carbocycles. The van der Waals surface area contributed by atoms with Crippen LogP contribution in [0.3, 0.4) is 0 Å². The van der Waals surface area contributed by atoms with E-state index in [0.717, 1.165) is 43.1 Å². The van der Waals surface area contributed by atoms with Crippen molar-refractivity contribution >= 4 is 0 Å². The highest BCUT2D eigenvalue weighted by Crippen LogP contribution is 2.48. The van der Waals surface area contributed by atoms with Crippen molar-refractivity contribution in [1.82, 2.24) is 20.1 Å². The lowest BCUT2D eigenvalue weighted by Crippen LogP contribution is -2.26. The maximum Gasteiger partial charge on any atom is 0.140 e. The van der Waals surface area contributed by atoms with Crippen molar-refractivity contribution < 1.29 is 0 Å². The Hall–Kier alpha value is -0.900. The summed E-state index contributed by atoms with van der Waals surface area (Å²) in [5.41, 5.74) is 0. The fraction of sp³-hybridized carbons (Fsp3) is 0.857. The molecule has 2 aliphatic rings. The fourth-order valence-corrected chi connectivity index (χ4v) is 2.94. The average Bonchev–Trinajstić information content (AvgIpc) is 3.27. The van der Waals surface area contributed by atoms with E-state index in [-0.39, 0.29) is 0 Å². The van der Waals surface area contributed by atoms with Crippen molar-refractivity contribution in [3.05, 3.63) is 12.2 Å². The van der Waals surface area contributed by atoms with Crippen LogP contribution in [0.4, 0.5) is 0 Å². The topological polar surface area (TPSA) is 42.7 Å². The molecule has 0 unspecified atom stereocenters. The van der Waals surface area contributed by atoms with Gasteiger partial charge in [-0.3, -0.25) is 0 Å². The summed E-state index contributed by atoms with van der Waals surface area (Å²) in [6.45, 7) is 5.20. The molecule has 1 aromatic rings. The van der Waals surface area contributed by atoms with Crippen molar-refractivity contribution in [2.75, 3.05) is 6.54 Å². The minimum Gasteiger partial charge on any atom is -0.310 e. The Morgan fingerprint density at radius 3 is 2.67 bits per heavy atom. The van der Waals surface area contributed by atoms with Crippen LogP contribution in [0.25, 0.3) is 0 Å². The first-order valence-electron chi connectivity index (χ1n) is 7.46. The third kappa shape index (κ3) is 2.91. The van der Waals surface area contributed by atoms with Crippen LogP contribution < -0.4 is 5.32 Å². The second-order valence-corrected chi connectivity index (χ2v) is 5.87. The van der Waals surface area contributed by atoms with Gasteiger partial charge in [0.2, 0.25) is 0 Å². The number of nitrogens with one attached hydrogen (secondary N) is 1. The molecule has 4 nitrogen and oxygen atoms in total. The lowest BCUT2D eigenvalue weighted by Gasteiger charge is -2.16. The first kappa shape index (κ1) is 12.2. The third-order valence-electron chi connectivity index (χ3n) is 4.25. The molecule has 0 saturated heterocycles. The average molecular weight is 248 g/mol. The molecule has 4 heteroatoms. The maximum absolute atomic E-state index is 4.34. The highest BCUT2D eigenvalue weighted by Gasteiger charge is 2.40. The predicted molar refractivity (Wildman–Crippen MR) is 71.0 cm³/mol. The Bertz CT molecular complexity index is 367. The molecule has 0 radical (unpaired) electrons. The van der Waals surface area contributed by atoms with Crippen molar-refractivity contribution in [2.24, 2.45) is 17.8 Å². The molecule has 3 rings (SSSR count). The zero-order valence-electron chi connectivity index (χ0n) is 11.3.